The maximum atomic E-state index is 12.9. The molecule has 0 aromatic heterocycles. The number of thioether (sulfide) groups is 1. The zero-order chi connectivity index (χ0) is 18.3. The first kappa shape index (κ1) is 17.4. The minimum Gasteiger partial charge on any atom is -0.446 e. The Balaban J connectivity index is 1.52. The standard InChI is InChI=1S/C19H22N2O4S/c1-19-10-9-15(22)21(19)14(11-26-19)18(24)25-16(12-5-3-2-4-6-12)17(23)20-13-7-8-13/h2-6,13-14,16H,7-11H2,1H3,(H,20,23). The summed E-state index contributed by atoms with van der Waals surface area (Å²) in [5.41, 5.74) is 0.639. The lowest BCUT2D eigenvalue weighted by Crippen LogP contribution is -2.47. The predicted octanol–water partition coefficient (Wildman–Crippen LogP) is 2.00. The molecule has 7 heteroatoms. The molecule has 6 nitrogen and oxygen atoms in total. The second-order valence-corrected chi connectivity index (χ2v) is 8.78. The van der Waals surface area contributed by atoms with E-state index < -0.39 is 18.1 Å². The zero-order valence-corrected chi connectivity index (χ0v) is 15.5. The lowest BCUT2D eigenvalue weighted by molar-refractivity contribution is -0.163. The highest BCUT2D eigenvalue weighted by Crippen LogP contribution is 2.47. The van der Waals surface area contributed by atoms with E-state index in [1.54, 1.807) is 28.8 Å². The number of hydrogen-bond acceptors (Lipinski definition) is 5. The Morgan fingerprint density at radius 2 is 2.04 bits per heavy atom. The van der Waals surface area contributed by atoms with E-state index in [-0.39, 0.29) is 22.7 Å². The molecule has 3 unspecified atom stereocenters. The quantitative estimate of drug-likeness (QED) is 0.798. The molecule has 3 aliphatic rings. The van der Waals surface area contributed by atoms with E-state index in [0.29, 0.717) is 17.7 Å². The average Bonchev–Trinajstić information content (AvgIpc) is 3.30. The number of nitrogens with one attached hydrogen (secondary N) is 1. The number of rotatable bonds is 5. The van der Waals surface area contributed by atoms with Crippen LogP contribution >= 0.6 is 11.8 Å². The Morgan fingerprint density at radius 3 is 2.73 bits per heavy atom. The minimum absolute atomic E-state index is 0.0156. The van der Waals surface area contributed by atoms with Crippen LogP contribution in [0.4, 0.5) is 0 Å². The molecule has 26 heavy (non-hydrogen) atoms. The molecular weight excluding hydrogens is 352 g/mol. The average molecular weight is 374 g/mol. The minimum atomic E-state index is -0.987. The number of benzene rings is 1. The van der Waals surface area contributed by atoms with Gasteiger partial charge in [0.15, 0.2) is 0 Å². The van der Waals surface area contributed by atoms with Gasteiger partial charge in [-0.15, -0.1) is 11.8 Å². The molecule has 2 saturated heterocycles. The van der Waals surface area contributed by atoms with Gasteiger partial charge in [-0.1, -0.05) is 30.3 Å². The van der Waals surface area contributed by atoms with Crippen molar-refractivity contribution in [2.24, 2.45) is 0 Å². The molecule has 0 radical (unpaired) electrons. The van der Waals surface area contributed by atoms with Crippen LogP contribution in [0.15, 0.2) is 30.3 Å². The number of amides is 2. The SMILES string of the molecule is CC12CCC(=O)N1C(C(=O)OC(C(=O)NC1CC1)c1ccccc1)CS2. The summed E-state index contributed by atoms with van der Waals surface area (Å²) in [4.78, 5) is 39.0. The van der Waals surface area contributed by atoms with E-state index in [9.17, 15) is 14.4 Å². The summed E-state index contributed by atoms with van der Waals surface area (Å²) in [5, 5.41) is 2.91. The van der Waals surface area contributed by atoms with Crippen molar-refractivity contribution in [1.29, 1.82) is 0 Å². The molecule has 2 heterocycles. The van der Waals surface area contributed by atoms with Crippen molar-refractivity contribution in [1.82, 2.24) is 10.2 Å². The maximum absolute atomic E-state index is 12.9. The molecule has 1 saturated carbocycles. The van der Waals surface area contributed by atoms with E-state index in [0.717, 1.165) is 19.3 Å². The molecule has 2 amide bonds. The number of fused-ring (bicyclic) bond motifs is 1. The maximum Gasteiger partial charge on any atom is 0.330 e. The summed E-state index contributed by atoms with van der Waals surface area (Å²) in [6.07, 6.45) is 2.13. The number of nitrogens with zero attached hydrogens (tertiary/aromatic N) is 1. The summed E-state index contributed by atoms with van der Waals surface area (Å²) in [6, 6.07) is 8.58. The first-order chi connectivity index (χ1) is 12.5. The number of hydrogen-bond donors (Lipinski definition) is 1. The van der Waals surface area contributed by atoms with Crippen LogP contribution in [0.2, 0.25) is 0 Å². The van der Waals surface area contributed by atoms with E-state index >= 15 is 0 Å². The monoisotopic (exact) mass is 374 g/mol. The summed E-state index contributed by atoms with van der Waals surface area (Å²) >= 11 is 1.61. The highest BCUT2D eigenvalue weighted by atomic mass is 32.2. The molecule has 138 valence electrons. The highest BCUT2D eigenvalue weighted by Gasteiger charge is 2.54. The van der Waals surface area contributed by atoms with E-state index in [4.69, 9.17) is 4.74 Å². The zero-order valence-electron chi connectivity index (χ0n) is 14.6. The Hall–Kier alpha value is -2.02. The van der Waals surface area contributed by atoms with Crippen molar-refractivity contribution in [3.63, 3.8) is 0 Å². The molecule has 4 rings (SSSR count). The fourth-order valence-electron chi connectivity index (χ4n) is 3.60. The van der Waals surface area contributed by atoms with Gasteiger partial charge in [0.2, 0.25) is 12.0 Å². The number of carbonyl (C=O) groups excluding carboxylic acids is 3. The van der Waals surface area contributed by atoms with Crippen LogP contribution in [0.3, 0.4) is 0 Å². The van der Waals surface area contributed by atoms with Crippen LogP contribution in [0.5, 0.6) is 0 Å². The Bertz CT molecular complexity index is 736. The fraction of sp³-hybridized carbons (Fsp3) is 0.526. The van der Waals surface area contributed by atoms with E-state index in [1.165, 1.54) is 0 Å². The van der Waals surface area contributed by atoms with Crippen LogP contribution in [0.1, 0.15) is 44.3 Å². The fourth-order valence-corrected chi connectivity index (χ4v) is 5.01. The third kappa shape index (κ3) is 3.20. The van der Waals surface area contributed by atoms with Crippen LogP contribution in [-0.2, 0) is 19.1 Å². The van der Waals surface area contributed by atoms with Crippen molar-refractivity contribution in [2.45, 2.75) is 55.7 Å². The summed E-state index contributed by atoms with van der Waals surface area (Å²) in [5.74, 6) is -0.310. The molecule has 3 fully saturated rings. The molecule has 0 spiro atoms. The van der Waals surface area contributed by atoms with Crippen LogP contribution in [0.25, 0.3) is 0 Å². The summed E-state index contributed by atoms with van der Waals surface area (Å²) in [7, 11) is 0. The van der Waals surface area contributed by atoms with Crippen molar-refractivity contribution in [3.05, 3.63) is 35.9 Å². The van der Waals surface area contributed by atoms with Crippen molar-refractivity contribution in [2.75, 3.05) is 5.75 Å². The summed E-state index contributed by atoms with van der Waals surface area (Å²) < 4.78 is 5.65. The van der Waals surface area contributed by atoms with Crippen molar-refractivity contribution >= 4 is 29.5 Å². The lowest BCUT2D eigenvalue weighted by Gasteiger charge is -2.30. The van der Waals surface area contributed by atoms with Gasteiger partial charge < -0.3 is 15.0 Å². The summed E-state index contributed by atoms with van der Waals surface area (Å²) in [6.45, 7) is 1.99. The van der Waals surface area contributed by atoms with Gasteiger partial charge in [0.25, 0.3) is 5.91 Å². The number of ether oxygens (including phenoxy) is 1. The van der Waals surface area contributed by atoms with Gasteiger partial charge in [-0.2, -0.15) is 0 Å². The van der Waals surface area contributed by atoms with Gasteiger partial charge in [-0.25, -0.2) is 4.79 Å². The van der Waals surface area contributed by atoms with Gasteiger partial charge in [0, 0.05) is 23.8 Å². The van der Waals surface area contributed by atoms with Crippen LogP contribution in [-0.4, -0.2) is 45.4 Å². The molecule has 2 aliphatic heterocycles. The molecular formula is C19H22N2O4S. The third-order valence-electron chi connectivity index (χ3n) is 5.22. The van der Waals surface area contributed by atoms with Gasteiger partial charge in [0.05, 0.1) is 4.87 Å². The predicted molar refractivity (Wildman–Crippen MR) is 97.2 cm³/mol. The van der Waals surface area contributed by atoms with Gasteiger partial charge in [0.1, 0.15) is 6.04 Å². The normalized spacial score (nSPS) is 28.6. The molecule has 1 aliphatic carbocycles. The van der Waals surface area contributed by atoms with Gasteiger partial charge >= 0.3 is 5.97 Å². The first-order valence-electron chi connectivity index (χ1n) is 9.00. The first-order valence-corrected chi connectivity index (χ1v) is 9.98. The van der Waals surface area contributed by atoms with Gasteiger partial charge in [-0.3, -0.25) is 9.59 Å². The Morgan fingerprint density at radius 1 is 1.31 bits per heavy atom. The number of carbonyl (C=O) groups is 3. The van der Waals surface area contributed by atoms with Crippen molar-refractivity contribution < 1.29 is 19.1 Å². The number of esters is 1. The Kier molecular flexibility index (Phi) is 4.42. The van der Waals surface area contributed by atoms with Gasteiger partial charge in [-0.05, 0) is 26.2 Å². The molecule has 1 aromatic carbocycles. The molecule has 0 bridgehead atoms. The highest BCUT2D eigenvalue weighted by molar-refractivity contribution is 8.01. The van der Waals surface area contributed by atoms with Crippen LogP contribution < -0.4 is 5.32 Å². The Labute approximate surface area is 156 Å². The molecule has 1 aromatic rings. The second kappa shape index (κ2) is 6.61. The van der Waals surface area contributed by atoms with E-state index in [1.807, 2.05) is 25.1 Å². The third-order valence-corrected chi connectivity index (χ3v) is 6.72. The van der Waals surface area contributed by atoms with Crippen molar-refractivity contribution in [3.8, 4) is 0 Å². The van der Waals surface area contributed by atoms with Crippen LogP contribution in [0, 0.1) is 0 Å². The molecule has 3 atom stereocenters. The second-order valence-electron chi connectivity index (χ2n) is 7.28. The van der Waals surface area contributed by atoms with E-state index in [2.05, 4.69) is 5.32 Å². The largest absolute Gasteiger partial charge is 0.446 e. The molecule has 1 N–H and O–H groups in total. The topological polar surface area (TPSA) is 75.7 Å². The smallest absolute Gasteiger partial charge is 0.330 e. The lowest BCUT2D eigenvalue weighted by atomic mass is 10.1.